The molecular formula is C20H26N4O2. The third-order valence-electron chi connectivity index (χ3n) is 5.64. The number of hydrogen-bond donors (Lipinski definition) is 2. The van der Waals surface area contributed by atoms with Crippen LogP contribution in [0.1, 0.15) is 43.5 Å². The van der Waals surface area contributed by atoms with Crippen LogP contribution in [0.5, 0.6) is 0 Å². The van der Waals surface area contributed by atoms with Gasteiger partial charge in [0.2, 0.25) is 11.8 Å². The number of amides is 2. The Kier molecular flexibility index (Phi) is 4.66. The number of nitrogens with zero attached hydrogens (tertiary/aromatic N) is 2. The number of carbonyl (C=O) groups excluding carboxylic acids is 2. The maximum Gasteiger partial charge on any atom is 0.225 e. The molecule has 1 aromatic carbocycles. The van der Waals surface area contributed by atoms with Crippen molar-refractivity contribution in [3.8, 4) is 0 Å². The van der Waals surface area contributed by atoms with Gasteiger partial charge in [0.15, 0.2) is 0 Å². The van der Waals surface area contributed by atoms with Crippen molar-refractivity contribution in [3.63, 3.8) is 0 Å². The van der Waals surface area contributed by atoms with Gasteiger partial charge >= 0.3 is 0 Å². The van der Waals surface area contributed by atoms with E-state index in [1.54, 1.807) is 0 Å². The van der Waals surface area contributed by atoms with E-state index >= 15 is 0 Å². The van der Waals surface area contributed by atoms with Crippen LogP contribution >= 0.6 is 0 Å². The lowest BCUT2D eigenvalue weighted by Crippen LogP contribution is -2.37. The van der Waals surface area contributed by atoms with Crippen LogP contribution in [0.15, 0.2) is 18.2 Å². The highest BCUT2D eigenvalue weighted by Gasteiger charge is 2.38. The number of aryl methyl sites for hydroxylation is 1. The highest BCUT2D eigenvalue weighted by atomic mass is 16.2. The van der Waals surface area contributed by atoms with Gasteiger partial charge in [0.05, 0.1) is 17.0 Å². The largest absolute Gasteiger partial charge is 0.355 e. The number of aromatic amines is 1. The number of carbonyl (C=O) groups is 2. The lowest BCUT2D eigenvalue weighted by atomic mass is 10.1. The van der Waals surface area contributed by atoms with E-state index in [-0.39, 0.29) is 17.7 Å². The smallest absolute Gasteiger partial charge is 0.225 e. The SMILES string of the molecule is Cc1ccc2nc(CCNC(=O)[C@@H]3CC(=O)N(C4CCCC4)C3)[nH]c2c1. The molecule has 138 valence electrons. The molecule has 1 atom stereocenters. The molecule has 26 heavy (non-hydrogen) atoms. The summed E-state index contributed by atoms with van der Waals surface area (Å²) in [5.74, 6) is 0.804. The number of fused-ring (bicyclic) bond motifs is 1. The molecule has 4 rings (SSSR count). The van der Waals surface area contributed by atoms with Crippen LogP contribution in [0, 0.1) is 12.8 Å². The number of rotatable bonds is 5. The summed E-state index contributed by atoms with van der Waals surface area (Å²) in [4.78, 5) is 34.5. The van der Waals surface area contributed by atoms with Gasteiger partial charge in [0.1, 0.15) is 5.82 Å². The zero-order chi connectivity index (χ0) is 18.1. The molecule has 2 amide bonds. The van der Waals surface area contributed by atoms with E-state index in [1.807, 2.05) is 17.0 Å². The van der Waals surface area contributed by atoms with Gasteiger partial charge in [-0.15, -0.1) is 0 Å². The first kappa shape index (κ1) is 17.1. The first-order chi connectivity index (χ1) is 12.6. The highest BCUT2D eigenvalue weighted by Crippen LogP contribution is 2.29. The van der Waals surface area contributed by atoms with Crippen molar-refractivity contribution in [1.82, 2.24) is 20.2 Å². The van der Waals surface area contributed by atoms with E-state index in [0.29, 0.717) is 32.0 Å². The Labute approximate surface area is 153 Å². The van der Waals surface area contributed by atoms with Crippen LogP contribution < -0.4 is 5.32 Å². The highest BCUT2D eigenvalue weighted by molar-refractivity contribution is 5.89. The van der Waals surface area contributed by atoms with Gasteiger partial charge in [-0.05, 0) is 37.5 Å². The van der Waals surface area contributed by atoms with Crippen LogP contribution in [-0.4, -0.2) is 45.8 Å². The van der Waals surface area contributed by atoms with E-state index in [2.05, 4.69) is 28.3 Å². The van der Waals surface area contributed by atoms with Gasteiger partial charge in [0.25, 0.3) is 0 Å². The lowest BCUT2D eigenvalue weighted by molar-refractivity contribution is -0.130. The van der Waals surface area contributed by atoms with Gasteiger partial charge in [-0.3, -0.25) is 9.59 Å². The Bertz CT molecular complexity index is 822. The molecule has 2 aromatic rings. The average molecular weight is 354 g/mol. The molecule has 2 N–H and O–H groups in total. The topological polar surface area (TPSA) is 78.1 Å². The average Bonchev–Trinajstić information content (AvgIpc) is 3.33. The molecule has 1 saturated carbocycles. The molecule has 1 aromatic heterocycles. The molecule has 2 aliphatic rings. The van der Waals surface area contributed by atoms with Crippen molar-refractivity contribution in [1.29, 1.82) is 0 Å². The minimum atomic E-state index is -0.207. The number of aromatic nitrogens is 2. The zero-order valence-corrected chi connectivity index (χ0v) is 15.3. The second-order valence-corrected chi connectivity index (χ2v) is 7.63. The quantitative estimate of drug-likeness (QED) is 0.865. The molecule has 2 fully saturated rings. The van der Waals surface area contributed by atoms with Crippen molar-refractivity contribution in [2.24, 2.45) is 5.92 Å². The van der Waals surface area contributed by atoms with Crippen LogP contribution in [0.3, 0.4) is 0 Å². The van der Waals surface area contributed by atoms with Gasteiger partial charge in [-0.1, -0.05) is 18.9 Å². The summed E-state index contributed by atoms with van der Waals surface area (Å²) in [7, 11) is 0. The standard InChI is InChI=1S/C20H26N4O2/c1-13-6-7-16-17(10-13)23-18(22-16)8-9-21-20(26)14-11-19(25)24(12-14)15-4-2-3-5-15/h6-7,10,14-15H,2-5,8-9,11-12H2,1H3,(H,21,26)(H,22,23)/t14-/m1/s1. The number of nitrogens with one attached hydrogen (secondary N) is 2. The summed E-state index contributed by atoms with van der Waals surface area (Å²) in [6.07, 6.45) is 5.58. The summed E-state index contributed by atoms with van der Waals surface area (Å²) in [6, 6.07) is 6.48. The molecule has 1 aliphatic heterocycles. The van der Waals surface area contributed by atoms with Crippen molar-refractivity contribution >= 4 is 22.8 Å². The van der Waals surface area contributed by atoms with E-state index < -0.39 is 0 Å². The number of hydrogen-bond acceptors (Lipinski definition) is 3. The molecule has 6 nitrogen and oxygen atoms in total. The van der Waals surface area contributed by atoms with Crippen LogP contribution in [0.25, 0.3) is 11.0 Å². The van der Waals surface area contributed by atoms with Crippen molar-refractivity contribution in [2.75, 3.05) is 13.1 Å². The van der Waals surface area contributed by atoms with E-state index in [0.717, 1.165) is 29.7 Å². The van der Waals surface area contributed by atoms with Crippen molar-refractivity contribution in [2.45, 2.75) is 51.5 Å². The molecular weight excluding hydrogens is 328 g/mol. The minimum absolute atomic E-state index is 0.00852. The maximum atomic E-state index is 12.4. The van der Waals surface area contributed by atoms with E-state index in [4.69, 9.17) is 0 Å². The van der Waals surface area contributed by atoms with Crippen LogP contribution in [0.4, 0.5) is 0 Å². The summed E-state index contributed by atoms with van der Waals surface area (Å²) >= 11 is 0. The number of imidazole rings is 1. The zero-order valence-electron chi connectivity index (χ0n) is 15.3. The molecule has 0 unspecified atom stereocenters. The minimum Gasteiger partial charge on any atom is -0.355 e. The molecule has 1 aliphatic carbocycles. The predicted octanol–water partition coefficient (Wildman–Crippen LogP) is 2.32. The van der Waals surface area contributed by atoms with Crippen molar-refractivity contribution < 1.29 is 9.59 Å². The predicted molar refractivity (Wildman–Crippen MR) is 99.6 cm³/mol. The van der Waals surface area contributed by atoms with Gasteiger partial charge in [0, 0.05) is 32.0 Å². The fourth-order valence-electron chi connectivity index (χ4n) is 4.22. The number of H-pyrrole nitrogens is 1. The number of benzene rings is 1. The van der Waals surface area contributed by atoms with E-state index in [1.165, 1.54) is 18.4 Å². The van der Waals surface area contributed by atoms with Crippen LogP contribution in [-0.2, 0) is 16.0 Å². The van der Waals surface area contributed by atoms with Gasteiger partial charge in [-0.2, -0.15) is 0 Å². The Morgan fingerprint density at radius 3 is 2.96 bits per heavy atom. The third-order valence-corrected chi connectivity index (χ3v) is 5.64. The van der Waals surface area contributed by atoms with Gasteiger partial charge < -0.3 is 15.2 Å². The van der Waals surface area contributed by atoms with E-state index in [9.17, 15) is 9.59 Å². The monoisotopic (exact) mass is 354 g/mol. The molecule has 0 radical (unpaired) electrons. The Hall–Kier alpha value is -2.37. The van der Waals surface area contributed by atoms with Crippen molar-refractivity contribution in [3.05, 3.63) is 29.6 Å². The Balaban J connectivity index is 1.29. The second kappa shape index (κ2) is 7.09. The fraction of sp³-hybridized carbons (Fsp3) is 0.550. The number of likely N-dealkylation sites (tertiary alicyclic amines) is 1. The molecule has 0 spiro atoms. The first-order valence-electron chi connectivity index (χ1n) is 9.62. The second-order valence-electron chi connectivity index (χ2n) is 7.63. The fourth-order valence-corrected chi connectivity index (χ4v) is 4.22. The van der Waals surface area contributed by atoms with Gasteiger partial charge in [-0.25, -0.2) is 4.98 Å². The summed E-state index contributed by atoms with van der Waals surface area (Å²) in [5.41, 5.74) is 3.17. The molecule has 2 heterocycles. The molecule has 0 bridgehead atoms. The normalized spacial score (nSPS) is 21.0. The first-order valence-corrected chi connectivity index (χ1v) is 9.62. The summed E-state index contributed by atoms with van der Waals surface area (Å²) < 4.78 is 0. The maximum absolute atomic E-state index is 12.4. The molecule has 6 heteroatoms. The Morgan fingerprint density at radius 1 is 1.35 bits per heavy atom. The molecule has 1 saturated heterocycles. The summed E-state index contributed by atoms with van der Waals surface area (Å²) in [5, 5.41) is 2.98. The third kappa shape index (κ3) is 3.45. The Morgan fingerprint density at radius 2 is 2.15 bits per heavy atom. The van der Waals surface area contributed by atoms with Crippen LogP contribution in [0.2, 0.25) is 0 Å². The lowest BCUT2D eigenvalue weighted by Gasteiger charge is -2.23. The summed E-state index contributed by atoms with van der Waals surface area (Å²) in [6.45, 7) is 3.17.